The molecule has 0 fully saturated rings. The van der Waals surface area contributed by atoms with Gasteiger partial charge in [-0.15, -0.1) is 0 Å². The number of rotatable bonds is 7. The normalized spacial score (nSPS) is 12.5. The maximum absolute atomic E-state index is 7.86. The summed E-state index contributed by atoms with van der Waals surface area (Å²) in [6, 6.07) is 0. The standard InChI is InChI=1S/C9H14N3O2P/c1-3-9(2)7-5-4-6-8-13-15-14-12-11-10/h3,5-8,15H,4H2,1-2H3/b7-5-,8-6?,9-3-. The smallest absolute Gasteiger partial charge is 0.282 e. The summed E-state index contributed by atoms with van der Waals surface area (Å²) in [4.78, 5) is 2.40. The van der Waals surface area contributed by atoms with Crippen molar-refractivity contribution < 1.29 is 9.15 Å². The van der Waals surface area contributed by atoms with Crippen molar-refractivity contribution in [3.63, 3.8) is 0 Å². The molecule has 0 radical (unpaired) electrons. The van der Waals surface area contributed by atoms with Crippen LogP contribution >= 0.6 is 9.03 Å². The van der Waals surface area contributed by atoms with E-state index in [0.717, 1.165) is 6.42 Å². The predicted octanol–water partition coefficient (Wildman–Crippen LogP) is 4.18. The molecular weight excluding hydrogens is 213 g/mol. The van der Waals surface area contributed by atoms with Crippen molar-refractivity contribution >= 4 is 9.03 Å². The number of azide groups is 1. The molecule has 0 aliphatic carbocycles. The summed E-state index contributed by atoms with van der Waals surface area (Å²) >= 11 is 0. The van der Waals surface area contributed by atoms with Gasteiger partial charge in [-0.1, -0.05) is 23.8 Å². The van der Waals surface area contributed by atoms with Crippen LogP contribution in [-0.4, -0.2) is 0 Å². The molecule has 0 saturated heterocycles. The first-order valence-corrected chi connectivity index (χ1v) is 5.18. The molecular formula is C9H14N3O2P. The Balaban J connectivity index is 3.47. The van der Waals surface area contributed by atoms with Crippen LogP contribution in [0.2, 0.25) is 0 Å². The van der Waals surface area contributed by atoms with Crippen molar-refractivity contribution in [1.29, 1.82) is 0 Å². The van der Waals surface area contributed by atoms with Crippen LogP contribution in [0.25, 0.3) is 10.4 Å². The largest absolute Gasteiger partial charge is 0.449 e. The molecule has 0 rings (SSSR count). The number of hydrogen-bond acceptors (Lipinski definition) is 3. The van der Waals surface area contributed by atoms with E-state index >= 15 is 0 Å². The summed E-state index contributed by atoms with van der Waals surface area (Å²) in [5, 5.41) is 2.85. The molecule has 0 amide bonds. The predicted molar refractivity (Wildman–Crippen MR) is 62.0 cm³/mol. The first-order valence-electron chi connectivity index (χ1n) is 4.36. The van der Waals surface area contributed by atoms with E-state index in [4.69, 9.17) is 10.1 Å². The molecule has 0 heterocycles. The van der Waals surface area contributed by atoms with Gasteiger partial charge in [-0.25, -0.2) is 0 Å². The summed E-state index contributed by atoms with van der Waals surface area (Å²) in [7, 11) is -0.296. The lowest BCUT2D eigenvalue weighted by Gasteiger charge is -1.93. The topological polar surface area (TPSA) is 67.2 Å². The third-order valence-electron chi connectivity index (χ3n) is 1.44. The molecule has 1 unspecified atom stereocenters. The highest BCUT2D eigenvalue weighted by Gasteiger charge is 1.79. The van der Waals surface area contributed by atoms with Gasteiger partial charge in [-0.2, -0.15) is 0 Å². The maximum atomic E-state index is 7.86. The molecule has 5 nitrogen and oxygen atoms in total. The Morgan fingerprint density at radius 1 is 1.53 bits per heavy atom. The van der Waals surface area contributed by atoms with Crippen LogP contribution in [0.1, 0.15) is 20.3 Å². The van der Waals surface area contributed by atoms with Gasteiger partial charge in [0.15, 0.2) is 0 Å². The highest BCUT2D eigenvalue weighted by Crippen LogP contribution is 2.14. The molecule has 0 bridgehead atoms. The van der Waals surface area contributed by atoms with Crippen LogP contribution in [0.5, 0.6) is 0 Å². The molecule has 15 heavy (non-hydrogen) atoms. The summed E-state index contributed by atoms with van der Waals surface area (Å²) in [6.07, 6.45) is 10.2. The molecule has 0 aromatic carbocycles. The fourth-order valence-electron chi connectivity index (χ4n) is 0.617. The SMILES string of the molecule is C/C=C(C)\C=C/CC=COPON=[N+]=[N-]. The van der Waals surface area contributed by atoms with E-state index in [1.807, 2.05) is 38.2 Å². The maximum Gasteiger partial charge on any atom is 0.282 e. The van der Waals surface area contributed by atoms with Crippen molar-refractivity contribution in [2.45, 2.75) is 20.3 Å². The van der Waals surface area contributed by atoms with Gasteiger partial charge in [0.25, 0.3) is 9.03 Å². The van der Waals surface area contributed by atoms with Gasteiger partial charge in [-0.3, -0.25) is 0 Å². The highest BCUT2D eigenvalue weighted by atomic mass is 31.1. The minimum atomic E-state index is -0.296. The average molecular weight is 227 g/mol. The monoisotopic (exact) mass is 227 g/mol. The van der Waals surface area contributed by atoms with Crippen molar-refractivity contribution in [3.05, 3.63) is 46.6 Å². The van der Waals surface area contributed by atoms with Crippen LogP contribution in [0.3, 0.4) is 0 Å². The Morgan fingerprint density at radius 2 is 2.33 bits per heavy atom. The van der Waals surface area contributed by atoms with Gasteiger partial charge in [0, 0.05) is 4.91 Å². The van der Waals surface area contributed by atoms with Crippen molar-refractivity contribution in [2.75, 3.05) is 0 Å². The highest BCUT2D eigenvalue weighted by molar-refractivity contribution is 7.26. The number of hydrogen-bond donors (Lipinski definition) is 0. The molecule has 1 atom stereocenters. The zero-order valence-corrected chi connectivity index (χ0v) is 9.75. The number of nitrogens with zero attached hydrogens (tertiary/aromatic N) is 3. The summed E-state index contributed by atoms with van der Waals surface area (Å²) in [6.45, 7) is 4.03. The van der Waals surface area contributed by atoms with Gasteiger partial charge in [0.05, 0.1) is 6.26 Å². The molecule has 6 heteroatoms. The Hall–Kier alpha value is -1.44. The van der Waals surface area contributed by atoms with E-state index in [2.05, 4.69) is 14.8 Å². The Labute approximate surface area is 91.0 Å². The zero-order chi connectivity index (χ0) is 11.4. The summed E-state index contributed by atoms with van der Waals surface area (Å²) in [5.41, 5.74) is 9.08. The molecule has 0 aliphatic heterocycles. The fourth-order valence-corrected chi connectivity index (χ4v) is 0.881. The van der Waals surface area contributed by atoms with Gasteiger partial charge < -0.3 is 9.15 Å². The van der Waals surface area contributed by atoms with E-state index in [1.54, 1.807) is 0 Å². The molecule has 0 aliphatic rings. The third kappa shape index (κ3) is 10.5. The Bertz CT molecular complexity index is 294. The lowest BCUT2D eigenvalue weighted by molar-refractivity contribution is 0.329. The van der Waals surface area contributed by atoms with Crippen molar-refractivity contribution in [1.82, 2.24) is 0 Å². The zero-order valence-electron chi connectivity index (χ0n) is 8.75. The van der Waals surface area contributed by atoms with Crippen molar-refractivity contribution in [3.8, 4) is 0 Å². The molecule has 0 spiro atoms. The molecule has 0 aromatic heterocycles. The van der Waals surface area contributed by atoms with E-state index < -0.39 is 0 Å². The lowest BCUT2D eigenvalue weighted by atomic mass is 10.2. The van der Waals surface area contributed by atoms with Crippen molar-refractivity contribution in [2.24, 2.45) is 5.28 Å². The van der Waals surface area contributed by atoms with Gasteiger partial charge >= 0.3 is 0 Å². The minimum absolute atomic E-state index is 0.296. The van der Waals surface area contributed by atoms with Gasteiger partial charge in [0.2, 0.25) is 0 Å². The van der Waals surface area contributed by atoms with Gasteiger partial charge in [0.1, 0.15) is 5.28 Å². The average Bonchev–Trinajstić information content (AvgIpc) is 2.26. The van der Waals surface area contributed by atoms with Crippen LogP contribution in [0.15, 0.2) is 41.4 Å². The second-order valence-electron chi connectivity index (χ2n) is 2.51. The fraction of sp³-hybridized carbons (Fsp3) is 0.333. The molecule has 0 N–H and O–H groups in total. The quantitative estimate of drug-likeness (QED) is 0.0956. The van der Waals surface area contributed by atoms with E-state index in [0.29, 0.717) is 0 Å². The van der Waals surface area contributed by atoms with E-state index in [1.165, 1.54) is 11.8 Å². The van der Waals surface area contributed by atoms with E-state index in [-0.39, 0.29) is 9.03 Å². The van der Waals surface area contributed by atoms with E-state index in [9.17, 15) is 0 Å². The molecule has 0 aromatic rings. The Kier molecular flexibility index (Phi) is 9.62. The second-order valence-corrected chi connectivity index (χ2v) is 3.09. The van der Waals surface area contributed by atoms with Crippen LogP contribution in [0, 0.1) is 0 Å². The molecule has 0 saturated carbocycles. The van der Waals surface area contributed by atoms with Gasteiger partial charge in [-0.05, 0) is 31.9 Å². The van der Waals surface area contributed by atoms with Crippen LogP contribution < -0.4 is 0 Å². The lowest BCUT2D eigenvalue weighted by Crippen LogP contribution is -1.66. The third-order valence-corrected chi connectivity index (χ3v) is 1.82. The van der Waals surface area contributed by atoms with Crippen LogP contribution in [-0.2, 0) is 9.15 Å². The first-order chi connectivity index (χ1) is 7.31. The second kappa shape index (κ2) is 10.6. The number of allylic oxidation sites excluding steroid dienone is 5. The van der Waals surface area contributed by atoms with Crippen LogP contribution in [0.4, 0.5) is 0 Å². The Morgan fingerprint density at radius 3 is 3.00 bits per heavy atom. The summed E-state index contributed by atoms with van der Waals surface area (Å²) < 4.78 is 9.26. The molecule has 82 valence electrons. The summed E-state index contributed by atoms with van der Waals surface area (Å²) in [5.74, 6) is 0. The first kappa shape index (κ1) is 13.6. The minimum Gasteiger partial charge on any atom is -0.449 e.